The zero-order valence-corrected chi connectivity index (χ0v) is 21.5. The predicted molar refractivity (Wildman–Crippen MR) is 148 cm³/mol. The zero-order valence-electron chi connectivity index (χ0n) is 21.5. The van der Waals surface area contributed by atoms with Gasteiger partial charge in [0.15, 0.2) is 11.5 Å². The molecule has 2 heterocycles. The van der Waals surface area contributed by atoms with Gasteiger partial charge in [-0.15, -0.1) is 0 Å². The third-order valence-electron chi connectivity index (χ3n) is 6.35. The van der Waals surface area contributed by atoms with Crippen molar-refractivity contribution in [2.75, 3.05) is 11.9 Å². The van der Waals surface area contributed by atoms with Crippen molar-refractivity contribution >= 4 is 17.4 Å². The Hall–Kier alpha value is -4.11. The summed E-state index contributed by atoms with van der Waals surface area (Å²) in [6, 6.07) is 18.5. The van der Waals surface area contributed by atoms with E-state index in [9.17, 15) is 4.79 Å². The largest absolute Gasteiger partial charge is 0.367 e. The number of unbranched alkanes of at least 4 members (excludes halogenated alkanes) is 1. The van der Waals surface area contributed by atoms with Crippen molar-refractivity contribution < 1.29 is 4.79 Å². The van der Waals surface area contributed by atoms with Gasteiger partial charge in [-0.1, -0.05) is 62.2 Å². The number of rotatable bonds is 9. The van der Waals surface area contributed by atoms with Crippen LogP contribution in [0.15, 0.2) is 67.0 Å². The molecule has 2 N–H and O–H groups in total. The summed E-state index contributed by atoms with van der Waals surface area (Å²) in [7, 11) is 0. The van der Waals surface area contributed by atoms with Gasteiger partial charge in [0.05, 0.1) is 11.9 Å². The molecule has 0 unspecified atom stereocenters. The second-order valence-electron chi connectivity index (χ2n) is 10.1. The Morgan fingerprint density at radius 2 is 1.89 bits per heavy atom. The number of aryl methyl sites for hydroxylation is 1. The normalized spacial score (nSPS) is 12.8. The Labute approximate surface area is 218 Å². The number of benzene rings is 2. The third kappa shape index (κ3) is 6.37. The van der Waals surface area contributed by atoms with Crippen LogP contribution in [-0.2, 0) is 6.42 Å². The third-order valence-corrected chi connectivity index (χ3v) is 6.35. The van der Waals surface area contributed by atoms with E-state index in [1.807, 2.05) is 47.1 Å². The van der Waals surface area contributed by atoms with Crippen LogP contribution in [0.5, 0.6) is 0 Å². The fraction of sp³-hybridized carbons (Fsp3) is 0.323. The highest BCUT2D eigenvalue weighted by atomic mass is 16.1. The molecule has 4 aromatic rings. The Morgan fingerprint density at radius 3 is 2.62 bits per heavy atom. The van der Waals surface area contributed by atoms with Crippen LogP contribution in [0.25, 0.3) is 16.9 Å². The number of amides is 1. The highest BCUT2D eigenvalue weighted by molar-refractivity contribution is 5.95. The molecule has 0 saturated heterocycles. The number of anilines is 1. The minimum atomic E-state index is -0.0126. The first-order chi connectivity index (χ1) is 18.1. The number of nitrogens with zero attached hydrogens (tertiary/aromatic N) is 3. The van der Waals surface area contributed by atoms with Gasteiger partial charge < -0.3 is 10.6 Å². The summed E-state index contributed by atoms with van der Waals surface area (Å²) in [6.45, 7) is 5.13. The highest BCUT2D eigenvalue weighted by Gasteiger charge is 2.23. The summed E-state index contributed by atoms with van der Waals surface area (Å²) in [5.74, 6) is 7.76. The summed E-state index contributed by atoms with van der Waals surface area (Å²) >= 11 is 0. The van der Waals surface area contributed by atoms with E-state index < -0.39 is 0 Å². The van der Waals surface area contributed by atoms with Crippen LogP contribution < -0.4 is 10.6 Å². The molecule has 1 aliphatic carbocycles. The van der Waals surface area contributed by atoms with Gasteiger partial charge in [0, 0.05) is 36.3 Å². The van der Waals surface area contributed by atoms with E-state index in [-0.39, 0.29) is 5.91 Å². The van der Waals surface area contributed by atoms with E-state index in [1.54, 1.807) is 0 Å². The summed E-state index contributed by atoms with van der Waals surface area (Å²) in [5, 5.41) is 6.49. The molecule has 37 heavy (non-hydrogen) atoms. The fourth-order valence-corrected chi connectivity index (χ4v) is 4.15. The number of carbonyl (C=O) groups is 1. The van der Waals surface area contributed by atoms with Gasteiger partial charge >= 0.3 is 0 Å². The van der Waals surface area contributed by atoms with E-state index >= 15 is 0 Å². The molecule has 1 aliphatic rings. The predicted octanol–water partition coefficient (Wildman–Crippen LogP) is 5.73. The van der Waals surface area contributed by atoms with Crippen molar-refractivity contribution in [3.05, 3.63) is 83.8 Å². The lowest BCUT2D eigenvalue weighted by atomic mass is 10.1. The summed E-state index contributed by atoms with van der Waals surface area (Å²) in [4.78, 5) is 21.8. The Bertz CT molecular complexity index is 1420. The maximum Gasteiger partial charge on any atom is 0.251 e. The smallest absolute Gasteiger partial charge is 0.251 e. The first-order valence-electron chi connectivity index (χ1n) is 13.1. The standard InChI is InChI=1S/C31H33N5O/c1-22(2)19-32-29-30-33-20-28(24-13-15-25(16-14-24)31(37)35-26-17-18-26)36(30)21-27(34-29)12-8-4-7-11-23-9-5-3-6-10-23/h3,5-6,9-10,13-16,20-22,26H,4,7,11,17-19H2,1-2H3,(H,32,34)(H,35,37). The molecule has 0 spiro atoms. The molecule has 0 aliphatic heterocycles. The Balaban J connectivity index is 1.38. The molecule has 0 bridgehead atoms. The highest BCUT2D eigenvalue weighted by Crippen LogP contribution is 2.25. The number of aromatic nitrogens is 3. The first kappa shape index (κ1) is 24.6. The van der Waals surface area contributed by atoms with Gasteiger partial charge in [-0.05, 0) is 55.2 Å². The van der Waals surface area contributed by atoms with E-state index in [0.29, 0.717) is 23.2 Å². The van der Waals surface area contributed by atoms with Crippen molar-refractivity contribution in [1.29, 1.82) is 0 Å². The topological polar surface area (TPSA) is 71.3 Å². The molecule has 2 aromatic heterocycles. The van der Waals surface area contributed by atoms with Gasteiger partial charge in [-0.25, -0.2) is 9.97 Å². The van der Waals surface area contributed by atoms with E-state index in [2.05, 4.69) is 65.6 Å². The van der Waals surface area contributed by atoms with Gasteiger partial charge in [-0.3, -0.25) is 9.20 Å². The van der Waals surface area contributed by atoms with Crippen molar-refractivity contribution in [2.45, 2.75) is 52.0 Å². The molecule has 1 fully saturated rings. The van der Waals surface area contributed by atoms with Crippen molar-refractivity contribution in [1.82, 2.24) is 19.7 Å². The van der Waals surface area contributed by atoms with Gasteiger partial charge in [0.25, 0.3) is 5.91 Å². The maximum absolute atomic E-state index is 12.4. The quantitative estimate of drug-likeness (QED) is 0.232. The molecule has 188 valence electrons. The van der Waals surface area contributed by atoms with E-state index in [1.165, 1.54) is 5.56 Å². The summed E-state index contributed by atoms with van der Waals surface area (Å²) in [6.07, 6.45) is 8.79. The van der Waals surface area contributed by atoms with Gasteiger partial charge in [0.2, 0.25) is 0 Å². The fourth-order valence-electron chi connectivity index (χ4n) is 4.15. The van der Waals surface area contributed by atoms with E-state index in [0.717, 1.165) is 61.4 Å². The lowest BCUT2D eigenvalue weighted by Gasteiger charge is -2.11. The molecule has 1 saturated carbocycles. The minimum absolute atomic E-state index is 0.0126. The Morgan fingerprint density at radius 1 is 1.11 bits per heavy atom. The lowest BCUT2D eigenvalue weighted by Crippen LogP contribution is -2.25. The van der Waals surface area contributed by atoms with Gasteiger partial charge in [-0.2, -0.15) is 0 Å². The molecule has 0 atom stereocenters. The summed E-state index contributed by atoms with van der Waals surface area (Å²) < 4.78 is 2.04. The zero-order chi connectivity index (χ0) is 25.6. The number of imidazole rings is 1. The first-order valence-corrected chi connectivity index (χ1v) is 13.1. The second-order valence-corrected chi connectivity index (χ2v) is 10.1. The van der Waals surface area contributed by atoms with Crippen LogP contribution in [-0.4, -0.2) is 32.9 Å². The molecule has 6 heteroatoms. The average Bonchev–Trinajstić information content (AvgIpc) is 3.63. The number of hydrogen-bond acceptors (Lipinski definition) is 4. The van der Waals surface area contributed by atoms with Crippen LogP contribution in [0.4, 0.5) is 5.82 Å². The molecule has 5 rings (SSSR count). The molecule has 2 aromatic carbocycles. The van der Waals surface area contributed by atoms with Gasteiger partial charge in [0.1, 0.15) is 5.69 Å². The molecule has 6 nitrogen and oxygen atoms in total. The summed E-state index contributed by atoms with van der Waals surface area (Å²) in [5.41, 5.74) is 5.40. The van der Waals surface area contributed by atoms with Crippen LogP contribution in [0, 0.1) is 17.8 Å². The molecular weight excluding hydrogens is 458 g/mol. The number of hydrogen-bond donors (Lipinski definition) is 2. The number of carbonyl (C=O) groups excluding carboxylic acids is 1. The molecule has 1 amide bonds. The maximum atomic E-state index is 12.4. The molecular formula is C31H33N5O. The van der Waals surface area contributed by atoms with Crippen molar-refractivity contribution in [3.63, 3.8) is 0 Å². The number of nitrogens with one attached hydrogen (secondary N) is 2. The van der Waals surface area contributed by atoms with E-state index in [4.69, 9.17) is 4.98 Å². The van der Waals surface area contributed by atoms with Crippen molar-refractivity contribution in [3.8, 4) is 23.1 Å². The van der Waals surface area contributed by atoms with Crippen LogP contribution in [0.1, 0.15) is 61.1 Å². The minimum Gasteiger partial charge on any atom is -0.367 e. The van der Waals surface area contributed by atoms with Crippen LogP contribution in [0.3, 0.4) is 0 Å². The lowest BCUT2D eigenvalue weighted by molar-refractivity contribution is 0.0951. The number of fused-ring (bicyclic) bond motifs is 1. The molecule has 0 radical (unpaired) electrons. The SMILES string of the molecule is CC(C)CNc1nc(C#CCCCc2ccccc2)cn2c(-c3ccc(C(=O)NC4CC4)cc3)cnc12. The monoisotopic (exact) mass is 491 g/mol. The second kappa shape index (κ2) is 11.3. The Kier molecular flexibility index (Phi) is 7.51. The van der Waals surface area contributed by atoms with Crippen LogP contribution >= 0.6 is 0 Å². The van der Waals surface area contributed by atoms with Crippen molar-refractivity contribution in [2.24, 2.45) is 5.92 Å². The average molecular weight is 492 g/mol. The van der Waals surface area contributed by atoms with Crippen LogP contribution in [0.2, 0.25) is 0 Å².